The largest absolute Gasteiger partial charge is 0.481 e. The number of aromatic nitrogens is 4. The lowest BCUT2D eigenvalue weighted by Crippen LogP contribution is -2.35. The molecule has 1 atom stereocenters. The lowest BCUT2D eigenvalue weighted by atomic mass is 9.97. The second-order valence-electron chi connectivity index (χ2n) is 5.98. The minimum atomic E-state index is -0.908. The van der Waals surface area contributed by atoms with Crippen molar-refractivity contribution < 1.29 is 14.7 Å². The van der Waals surface area contributed by atoms with E-state index in [1.807, 2.05) is 44.2 Å². The molecule has 0 radical (unpaired) electrons. The van der Waals surface area contributed by atoms with Crippen LogP contribution in [0.15, 0.2) is 30.3 Å². The van der Waals surface area contributed by atoms with Gasteiger partial charge < -0.3 is 10.4 Å². The number of amides is 1. The number of nitrogens with one attached hydrogen (secondary N) is 1. The van der Waals surface area contributed by atoms with E-state index in [9.17, 15) is 9.59 Å². The highest BCUT2D eigenvalue weighted by atomic mass is 16.4. The molecule has 8 heteroatoms. The molecular formula is C16H21N5O3. The van der Waals surface area contributed by atoms with Gasteiger partial charge in [0.25, 0.3) is 0 Å². The number of carbonyl (C=O) groups is 2. The van der Waals surface area contributed by atoms with Gasteiger partial charge in [-0.3, -0.25) is 9.59 Å². The first-order valence-corrected chi connectivity index (χ1v) is 7.78. The number of carboxylic acids is 1. The summed E-state index contributed by atoms with van der Waals surface area (Å²) in [5, 5.41) is 23.7. The number of carboxylic acid groups (broad SMARTS) is 1. The van der Waals surface area contributed by atoms with Gasteiger partial charge in [0, 0.05) is 12.1 Å². The lowest BCUT2D eigenvalue weighted by Gasteiger charge is -2.15. The van der Waals surface area contributed by atoms with Crippen LogP contribution in [0.2, 0.25) is 0 Å². The number of nitrogens with zero attached hydrogens (tertiary/aromatic N) is 4. The molecule has 24 heavy (non-hydrogen) atoms. The maximum absolute atomic E-state index is 11.9. The number of aliphatic carboxylic acids is 1. The second-order valence-corrected chi connectivity index (χ2v) is 5.98. The molecule has 8 nitrogen and oxygen atoms in total. The topological polar surface area (TPSA) is 110 Å². The Hall–Kier alpha value is -2.77. The van der Waals surface area contributed by atoms with Crippen LogP contribution >= 0.6 is 0 Å². The van der Waals surface area contributed by atoms with Crippen molar-refractivity contribution in [2.45, 2.75) is 26.8 Å². The van der Waals surface area contributed by atoms with Crippen LogP contribution in [0.1, 0.15) is 20.3 Å². The lowest BCUT2D eigenvalue weighted by molar-refractivity contribution is -0.142. The van der Waals surface area contributed by atoms with Crippen molar-refractivity contribution in [2.75, 3.05) is 6.54 Å². The molecule has 0 aliphatic heterocycles. The third kappa shape index (κ3) is 5.15. The number of tetrazole rings is 1. The smallest absolute Gasteiger partial charge is 0.308 e. The molecule has 2 rings (SSSR count). The van der Waals surface area contributed by atoms with Crippen LogP contribution in [0.25, 0.3) is 11.4 Å². The number of hydrogen-bond acceptors (Lipinski definition) is 5. The number of hydrogen-bond donors (Lipinski definition) is 2. The maximum atomic E-state index is 11.9. The van der Waals surface area contributed by atoms with Crippen LogP contribution in [0.3, 0.4) is 0 Å². The van der Waals surface area contributed by atoms with Crippen LogP contribution in [0, 0.1) is 11.8 Å². The van der Waals surface area contributed by atoms with Crippen molar-refractivity contribution in [2.24, 2.45) is 11.8 Å². The number of rotatable bonds is 8. The molecule has 0 aliphatic rings. The first-order chi connectivity index (χ1) is 11.5. The van der Waals surface area contributed by atoms with Crippen molar-refractivity contribution in [3.8, 4) is 11.4 Å². The fourth-order valence-corrected chi connectivity index (χ4v) is 2.27. The summed E-state index contributed by atoms with van der Waals surface area (Å²) < 4.78 is 0. The monoisotopic (exact) mass is 331 g/mol. The summed E-state index contributed by atoms with van der Waals surface area (Å²) in [5.74, 6) is -1.17. The van der Waals surface area contributed by atoms with Gasteiger partial charge in [-0.2, -0.15) is 4.80 Å². The zero-order chi connectivity index (χ0) is 17.5. The van der Waals surface area contributed by atoms with Gasteiger partial charge in [0.2, 0.25) is 11.7 Å². The average molecular weight is 331 g/mol. The summed E-state index contributed by atoms with van der Waals surface area (Å²) in [7, 11) is 0. The van der Waals surface area contributed by atoms with Gasteiger partial charge in [-0.1, -0.05) is 44.2 Å². The summed E-state index contributed by atoms with van der Waals surface area (Å²) in [6.07, 6.45) is 0.509. The normalized spacial score (nSPS) is 12.1. The summed E-state index contributed by atoms with van der Waals surface area (Å²) in [5.41, 5.74) is 0.812. The summed E-state index contributed by atoms with van der Waals surface area (Å²) >= 11 is 0. The molecule has 0 saturated carbocycles. The fraction of sp³-hybridized carbons (Fsp3) is 0.438. The van der Waals surface area contributed by atoms with Gasteiger partial charge in [-0.25, -0.2) is 0 Å². The average Bonchev–Trinajstić information content (AvgIpc) is 3.00. The van der Waals surface area contributed by atoms with E-state index in [1.165, 1.54) is 4.80 Å². The molecule has 1 amide bonds. The molecule has 0 aliphatic carbocycles. The van der Waals surface area contributed by atoms with E-state index in [-0.39, 0.29) is 24.9 Å². The zero-order valence-corrected chi connectivity index (χ0v) is 13.7. The molecule has 1 aromatic carbocycles. The van der Waals surface area contributed by atoms with Gasteiger partial charge in [0.1, 0.15) is 6.54 Å². The highest BCUT2D eigenvalue weighted by molar-refractivity contribution is 5.77. The van der Waals surface area contributed by atoms with Crippen molar-refractivity contribution in [3.63, 3.8) is 0 Å². The first kappa shape index (κ1) is 17.6. The second kappa shape index (κ2) is 8.19. The highest BCUT2D eigenvalue weighted by Gasteiger charge is 2.20. The zero-order valence-electron chi connectivity index (χ0n) is 13.7. The quantitative estimate of drug-likeness (QED) is 0.752. The third-order valence-corrected chi connectivity index (χ3v) is 3.42. The Morgan fingerprint density at radius 2 is 1.96 bits per heavy atom. The first-order valence-electron chi connectivity index (χ1n) is 7.78. The predicted molar refractivity (Wildman–Crippen MR) is 86.8 cm³/mol. The molecule has 0 saturated heterocycles. The van der Waals surface area contributed by atoms with Crippen LogP contribution in [-0.4, -0.2) is 43.7 Å². The Labute approximate surface area is 139 Å². The van der Waals surface area contributed by atoms with E-state index >= 15 is 0 Å². The van der Waals surface area contributed by atoms with Crippen molar-refractivity contribution >= 4 is 11.9 Å². The van der Waals surface area contributed by atoms with Crippen LogP contribution in [-0.2, 0) is 16.1 Å². The molecule has 1 aromatic heterocycles. The summed E-state index contributed by atoms with van der Waals surface area (Å²) in [6.45, 7) is 3.88. The van der Waals surface area contributed by atoms with Gasteiger partial charge in [-0.15, -0.1) is 10.2 Å². The predicted octanol–water partition coefficient (Wildman–Crippen LogP) is 1.20. The Balaban J connectivity index is 1.88. The molecule has 128 valence electrons. The van der Waals surface area contributed by atoms with E-state index in [2.05, 4.69) is 20.7 Å². The Morgan fingerprint density at radius 1 is 1.25 bits per heavy atom. The van der Waals surface area contributed by atoms with E-state index in [0.29, 0.717) is 12.2 Å². The van der Waals surface area contributed by atoms with Gasteiger partial charge in [-0.05, 0) is 17.6 Å². The summed E-state index contributed by atoms with van der Waals surface area (Å²) in [6, 6.07) is 9.32. The van der Waals surface area contributed by atoms with Crippen LogP contribution in [0.5, 0.6) is 0 Å². The number of carbonyl (C=O) groups excluding carboxylic acids is 1. The Morgan fingerprint density at radius 3 is 2.58 bits per heavy atom. The SMILES string of the molecule is CC(C)CC(CNC(=O)Cn1nnc(-c2ccccc2)n1)C(=O)O. The van der Waals surface area contributed by atoms with E-state index in [4.69, 9.17) is 5.11 Å². The third-order valence-electron chi connectivity index (χ3n) is 3.42. The maximum Gasteiger partial charge on any atom is 0.308 e. The molecule has 0 spiro atoms. The summed E-state index contributed by atoms with van der Waals surface area (Å²) in [4.78, 5) is 24.3. The molecular weight excluding hydrogens is 310 g/mol. The van der Waals surface area contributed by atoms with Crippen molar-refractivity contribution in [1.29, 1.82) is 0 Å². The minimum Gasteiger partial charge on any atom is -0.481 e. The molecule has 1 heterocycles. The molecule has 0 bridgehead atoms. The Bertz CT molecular complexity index is 684. The fourth-order valence-electron chi connectivity index (χ4n) is 2.27. The van der Waals surface area contributed by atoms with Crippen molar-refractivity contribution in [1.82, 2.24) is 25.5 Å². The van der Waals surface area contributed by atoms with Gasteiger partial charge in [0.15, 0.2) is 0 Å². The molecule has 2 N–H and O–H groups in total. The van der Waals surface area contributed by atoms with Crippen LogP contribution < -0.4 is 5.32 Å². The van der Waals surface area contributed by atoms with Gasteiger partial charge in [0.05, 0.1) is 5.92 Å². The van der Waals surface area contributed by atoms with Gasteiger partial charge >= 0.3 is 5.97 Å². The standard InChI is InChI=1S/C16H21N5O3/c1-11(2)8-13(16(23)24)9-17-14(22)10-21-19-15(18-20-21)12-6-4-3-5-7-12/h3-7,11,13H,8-10H2,1-2H3,(H,17,22)(H,23,24). The van der Waals surface area contributed by atoms with Crippen LogP contribution in [0.4, 0.5) is 0 Å². The number of benzene rings is 1. The van der Waals surface area contributed by atoms with E-state index in [1.54, 1.807) is 0 Å². The highest BCUT2D eigenvalue weighted by Crippen LogP contribution is 2.12. The van der Waals surface area contributed by atoms with Crippen molar-refractivity contribution in [3.05, 3.63) is 30.3 Å². The Kier molecular flexibility index (Phi) is 6.00. The van der Waals surface area contributed by atoms with E-state index < -0.39 is 11.9 Å². The molecule has 2 aromatic rings. The molecule has 1 unspecified atom stereocenters. The van der Waals surface area contributed by atoms with E-state index in [0.717, 1.165) is 5.56 Å². The molecule has 0 fully saturated rings. The minimum absolute atomic E-state index is 0.0899.